The van der Waals surface area contributed by atoms with E-state index in [-0.39, 0.29) is 23.5 Å². The number of fused-ring (bicyclic) bond motifs is 2. The summed E-state index contributed by atoms with van der Waals surface area (Å²) in [7, 11) is 0. The molecule has 11 N–H and O–H groups in total. The molecule has 0 aromatic rings. The van der Waals surface area contributed by atoms with Gasteiger partial charge in [-0.2, -0.15) is 0 Å². The number of carbonyl (C=O) groups is 5. The summed E-state index contributed by atoms with van der Waals surface area (Å²) in [5, 5.41) is 31.6. The molecule has 200 valence electrons. The first-order chi connectivity index (χ1) is 17.0. The van der Waals surface area contributed by atoms with E-state index in [1.807, 2.05) is 5.32 Å². The Labute approximate surface area is 206 Å². The van der Waals surface area contributed by atoms with Gasteiger partial charge in [0.1, 0.15) is 12.1 Å². The van der Waals surface area contributed by atoms with Crippen LogP contribution in [0.3, 0.4) is 0 Å². The van der Waals surface area contributed by atoms with Crippen molar-refractivity contribution in [2.45, 2.75) is 68.7 Å². The SMILES string of the molecule is NC(N)=NCCCC(N)C(=O)N1C2CC=C(C(=O)NC(CC(=O)O)C(=O)NC(CO)C(=O)O)C1CC2. The molecule has 0 aliphatic carbocycles. The molecule has 0 radical (unpaired) electrons. The third kappa shape index (κ3) is 7.39. The zero-order valence-electron chi connectivity index (χ0n) is 19.6. The van der Waals surface area contributed by atoms with Crippen LogP contribution in [0.2, 0.25) is 0 Å². The van der Waals surface area contributed by atoms with Gasteiger partial charge in [-0.25, -0.2) is 4.79 Å². The van der Waals surface area contributed by atoms with Crippen molar-refractivity contribution in [3.8, 4) is 0 Å². The van der Waals surface area contributed by atoms with Crippen LogP contribution >= 0.6 is 0 Å². The minimum absolute atomic E-state index is 0.0607. The number of aliphatic imine (C=N–C) groups is 1. The molecule has 0 aromatic heterocycles. The van der Waals surface area contributed by atoms with Gasteiger partial charge in [-0.3, -0.25) is 24.2 Å². The molecule has 2 aliphatic heterocycles. The highest BCUT2D eigenvalue weighted by Gasteiger charge is 2.44. The van der Waals surface area contributed by atoms with E-state index in [0.717, 1.165) is 0 Å². The highest BCUT2D eigenvalue weighted by molar-refractivity contribution is 6.00. The molecule has 2 bridgehead atoms. The van der Waals surface area contributed by atoms with Crippen molar-refractivity contribution in [2.75, 3.05) is 13.2 Å². The Morgan fingerprint density at radius 1 is 1.11 bits per heavy atom. The summed E-state index contributed by atoms with van der Waals surface area (Å²) >= 11 is 0. The Hall–Kier alpha value is -3.72. The second kappa shape index (κ2) is 12.8. The van der Waals surface area contributed by atoms with Crippen molar-refractivity contribution in [1.82, 2.24) is 15.5 Å². The molecule has 15 nitrogen and oxygen atoms in total. The van der Waals surface area contributed by atoms with Crippen LogP contribution in [0.4, 0.5) is 0 Å². The number of carbonyl (C=O) groups excluding carboxylic acids is 3. The lowest BCUT2D eigenvalue weighted by atomic mass is 9.98. The number of guanidine groups is 1. The second-order valence-electron chi connectivity index (χ2n) is 8.65. The van der Waals surface area contributed by atoms with Crippen LogP contribution in [0, 0.1) is 0 Å². The predicted molar refractivity (Wildman–Crippen MR) is 125 cm³/mol. The van der Waals surface area contributed by atoms with Crippen LogP contribution in [0.5, 0.6) is 0 Å². The number of nitrogens with zero attached hydrogens (tertiary/aromatic N) is 2. The topological polar surface area (TPSA) is 264 Å². The van der Waals surface area contributed by atoms with Gasteiger partial charge in [0.2, 0.25) is 17.7 Å². The molecule has 2 heterocycles. The number of hydrogen-bond donors (Lipinski definition) is 8. The lowest BCUT2D eigenvalue weighted by Crippen LogP contribution is -2.56. The Morgan fingerprint density at radius 2 is 1.81 bits per heavy atom. The van der Waals surface area contributed by atoms with E-state index in [2.05, 4.69) is 10.3 Å². The number of nitrogens with two attached hydrogens (primary N) is 3. The molecule has 1 saturated heterocycles. The molecule has 2 aliphatic rings. The molecule has 5 atom stereocenters. The number of rotatable bonds is 13. The maximum atomic E-state index is 13.1. The first-order valence-corrected chi connectivity index (χ1v) is 11.5. The standard InChI is InChI=1S/C21H33N7O8/c22-12(2-1-7-25-21(23)24)19(34)28-10-3-5-11(15(28)6-4-10)17(32)26-13(8-16(30)31)18(33)27-14(9-29)20(35)36/h5,10,12-15,29H,1-4,6-9,22H2,(H,26,32)(H,27,33)(H,30,31)(H,35,36)(H4,23,24,25). The lowest BCUT2D eigenvalue weighted by Gasteiger charge is -2.36. The van der Waals surface area contributed by atoms with E-state index in [1.165, 1.54) is 0 Å². The van der Waals surface area contributed by atoms with Gasteiger partial charge in [0.05, 0.1) is 25.1 Å². The van der Waals surface area contributed by atoms with Crippen molar-refractivity contribution in [3.63, 3.8) is 0 Å². The molecule has 0 spiro atoms. The van der Waals surface area contributed by atoms with Gasteiger partial charge in [-0.05, 0) is 32.1 Å². The summed E-state index contributed by atoms with van der Waals surface area (Å²) in [5.74, 6) is -5.16. The van der Waals surface area contributed by atoms with E-state index in [1.54, 1.807) is 11.0 Å². The Bertz CT molecular complexity index is 933. The van der Waals surface area contributed by atoms with Crippen LogP contribution in [0.1, 0.15) is 38.5 Å². The number of nitrogens with one attached hydrogen (secondary N) is 2. The number of aliphatic hydroxyl groups is 1. The van der Waals surface area contributed by atoms with Crippen molar-refractivity contribution >= 4 is 35.6 Å². The van der Waals surface area contributed by atoms with Crippen LogP contribution in [0.25, 0.3) is 0 Å². The quantitative estimate of drug-likeness (QED) is 0.0685. The Balaban J connectivity index is 2.10. The average molecular weight is 512 g/mol. The van der Waals surface area contributed by atoms with E-state index in [4.69, 9.17) is 32.5 Å². The Kier molecular flexibility index (Phi) is 10.2. The summed E-state index contributed by atoms with van der Waals surface area (Å²) in [4.78, 5) is 66.4. The van der Waals surface area contributed by atoms with Gasteiger partial charge < -0.3 is 48.1 Å². The molecule has 36 heavy (non-hydrogen) atoms. The lowest BCUT2D eigenvalue weighted by molar-refractivity contribution is -0.144. The summed E-state index contributed by atoms with van der Waals surface area (Å²) in [5.41, 5.74) is 16.8. The molecule has 5 unspecified atom stereocenters. The minimum atomic E-state index is -1.67. The molecule has 0 saturated carbocycles. The minimum Gasteiger partial charge on any atom is -0.481 e. The first kappa shape index (κ1) is 28.5. The van der Waals surface area contributed by atoms with E-state index < -0.39 is 60.9 Å². The first-order valence-electron chi connectivity index (χ1n) is 11.5. The molecule has 15 heteroatoms. The zero-order valence-corrected chi connectivity index (χ0v) is 19.6. The van der Waals surface area contributed by atoms with Gasteiger partial charge in [-0.15, -0.1) is 0 Å². The number of aliphatic hydroxyl groups excluding tert-OH is 1. The van der Waals surface area contributed by atoms with Gasteiger partial charge in [0, 0.05) is 18.2 Å². The van der Waals surface area contributed by atoms with Crippen molar-refractivity contribution in [3.05, 3.63) is 11.6 Å². The van der Waals surface area contributed by atoms with Gasteiger partial charge in [0.15, 0.2) is 5.96 Å². The summed E-state index contributed by atoms with van der Waals surface area (Å²) < 4.78 is 0. The van der Waals surface area contributed by atoms with Gasteiger partial charge in [-0.1, -0.05) is 6.08 Å². The number of carboxylic acids is 2. The number of aliphatic carboxylic acids is 2. The van der Waals surface area contributed by atoms with Crippen molar-refractivity contribution in [2.24, 2.45) is 22.2 Å². The second-order valence-corrected chi connectivity index (χ2v) is 8.65. The van der Waals surface area contributed by atoms with Crippen LogP contribution in [-0.4, -0.2) is 99.2 Å². The predicted octanol–water partition coefficient (Wildman–Crippen LogP) is -3.42. The normalized spacial score (nSPS) is 20.9. The van der Waals surface area contributed by atoms with E-state index >= 15 is 0 Å². The number of carboxylic acid groups (broad SMARTS) is 2. The fourth-order valence-electron chi connectivity index (χ4n) is 4.31. The van der Waals surface area contributed by atoms with Crippen LogP contribution in [-0.2, 0) is 24.0 Å². The monoisotopic (exact) mass is 511 g/mol. The number of hydrogen-bond acceptors (Lipinski definition) is 8. The third-order valence-electron chi connectivity index (χ3n) is 6.07. The van der Waals surface area contributed by atoms with E-state index in [9.17, 15) is 24.0 Å². The summed E-state index contributed by atoms with van der Waals surface area (Å²) in [6, 6.07) is -4.84. The van der Waals surface area contributed by atoms with Crippen molar-refractivity contribution in [1.29, 1.82) is 0 Å². The van der Waals surface area contributed by atoms with E-state index in [0.29, 0.717) is 38.6 Å². The maximum Gasteiger partial charge on any atom is 0.328 e. The van der Waals surface area contributed by atoms with Crippen molar-refractivity contribution < 1.29 is 39.3 Å². The molecular weight excluding hydrogens is 478 g/mol. The molecule has 2 rings (SSSR count). The maximum absolute atomic E-state index is 13.1. The fraction of sp³-hybridized carbons (Fsp3) is 0.619. The average Bonchev–Trinajstić information content (AvgIpc) is 3.10. The van der Waals surface area contributed by atoms with Crippen LogP contribution < -0.4 is 27.8 Å². The molecule has 1 fully saturated rings. The van der Waals surface area contributed by atoms with Crippen LogP contribution in [0.15, 0.2) is 16.6 Å². The molecular formula is C21H33N7O8. The van der Waals surface area contributed by atoms with Gasteiger partial charge >= 0.3 is 11.9 Å². The highest BCUT2D eigenvalue weighted by atomic mass is 16.4. The Morgan fingerprint density at radius 3 is 2.39 bits per heavy atom. The smallest absolute Gasteiger partial charge is 0.328 e. The highest BCUT2D eigenvalue weighted by Crippen LogP contribution is 2.36. The largest absolute Gasteiger partial charge is 0.481 e. The zero-order chi connectivity index (χ0) is 27.0. The third-order valence-corrected chi connectivity index (χ3v) is 6.07. The number of amides is 3. The fourth-order valence-corrected chi connectivity index (χ4v) is 4.31. The van der Waals surface area contributed by atoms with Gasteiger partial charge in [0.25, 0.3) is 0 Å². The molecule has 0 aromatic carbocycles. The molecule has 3 amide bonds. The summed E-state index contributed by atoms with van der Waals surface area (Å²) in [6.45, 7) is -0.609. The summed E-state index contributed by atoms with van der Waals surface area (Å²) in [6.07, 6.45) is 3.14.